The van der Waals surface area contributed by atoms with Crippen molar-refractivity contribution in [1.82, 2.24) is 0 Å². The molecule has 0 saturated heterocycles. The summed E-state index contributed by atoms with van der Waals surface area (Å²) in [7, 11) is 0. The van der Waals surface area contributed by atoms with E-state index >= 15 is 0 Å². The number of nitrogens with zero attached hydrogens (tertiary/aromatic N) is 1. The van der Waals surface area contributed by atoms with Crippen LogP contribution in [0.25, 0.3) is 0 Å². The number of benzene rings is 2. The Morgan fingerprint density at radius 1 is 1.10 bits per heavy atom. The molecule has 2 rings (SSSR count). The summed E-state index contributed by atoms with van der Waals surface area (Å²) in [5.74, 6) is 0. The van der Waals surface area contributed by atoms with E-state index in [1.54, 1.807) is 6.07 Å². The van der Waals surface area contributed by atoms with Gasteiger partial charge < -0.3 is 0 Å². The van der Waals surface area contributed by atoms with Gasteiger partial charge in [-0.1, -0.05) is 50.2 Å². The molecule has 0 heterocycles. The minimum atomic E-state index is -0.306. The van der Waals surface area contributed by atoms with Crippen molar-refractivity contribution in [1.29, 1.82) is 0 Å². The maximum absolute atomic E-state index is 11.2. The quantitative estimate of drug-likeness (QED) is 0.434. The molecule has 0 radical (unpaired) electrons. The Kier molecular flexibility index (Phi) is 4.13. The first-order chi connectivity index (χ1) is 9.34. The second kappa shape index (κ2) is 5.52. The summed E-state index contributed by atoms with van der Waals surface area (Å²) in [6.45, 7) is 6.10. The van der Waals surface area contributed by atoms with E-state index in [2.05, 4.69) is 26.0 Å². The van der Waals surface area contributed by atoms with E-state index in [0.29, 0.717) is 3.57 Å². The molecule has 0 aromatic heterocycles. The molecular weight excluding hydrogens is 365 g/mol. The number of nitro benzene ring substituents is 1. The molecule has 0 N–H and O–H groups in total. The van der Waals surface area contributed by atoms with Crippen molar-refractivity contribution in [2.24, 2.45) is 0 Å². The van der Waals surface area contributed by atoms with Gasteiger partial charge >= 0.3 is 0 Å². The fourth-order valence-electron chi connectivity index (χ4n) is 2.27. The van der Waals surface area contributed by atoms with Gasteiger partial charge in [0.15, 0.2) is 0 Å². The predicted octanol–water partition coefficient (Wildman–Crippen LogP) is 4.83. The lowest BCUT2D eigenvalue weighted by molar-refractivity contribution is -0.385. The third-order valence-electron chi connectivity index (χ3n) is 3.65. The van der Waals surface area contributed by atoms with E-state index in [-0.39, 0.29) is 16.0 Å². The van der Waals surface area contributed by atoms with Crippen LogP contribution in [0.4, 0.5) is 5.69 Å². The third-order valence-corrected chi connectivity index (χ3v) is 5.05. The highest BCUT2D eigenvalue weighted by molar-refractivity contribution is 14.1. The van der Waals surface area contributed by atoms with Crippen molar-refractivity contribution in [2.75, 3.05) is 0 Å². The van der Waals surface area contributed by atoms with Crippen molar-refractivity contribution in [3.63, 3.8) is 0 Å². The summed E-state index contributed by atoms with van der Waals surface area (Å²) in [4.78, 5) is 10.9. The minimum absolute atomic E-state index is 0.185. The summed E-state index contributed by atoms with van der Waals surface area (Å²) in [5, 5.41) is 11.2. The fourth-order valence-corrected chi connectivity index (χ4v) is 2.77. The van der Waals surface area contributed by atoms with Crippen molar-refractivity contribution < 1.29 is 4.92 Å². The van der Waals surface area contributed by atoms with Crippen LogP contribution < -0.4 is 0 Å². The van der Waals surface area contributed by atoms with E-state index in [0.717, 1.165) is 16.7 Å². The molecule has 3 nitrogen and oxygen atoms in total. The largest absolute Gasteiger partial charge is 0.283 e. The lowest BCUT2D eigenvalue weighted by Crippen LogP contribution is -2.19. The molecular formula is C16H16INO2. The first kappa shape index (κ1) is 15.0. The maximum atomic E-state index is 11.2. The molecule has 0 bridgehead atoms. The van der Waals surface area contributed by atoms with Crippen LogP contribution in [-0.4, -0.2) is 4.92 Å². The monoisotopic (exact) mass is 381 g/mol. The lowest BCUT2D eigenvalue weighted by atomic mass is 9.77. The molecule has 0 saturated carbocycles. The number of hydrogen-bond donors (Lipinski definition) is 0. The zero-order chi connectivity index (χ0) is 14.9. The number of nitro groups is 1. The second-order valence-corrected chi connectivity index (χ2v) is 6.45. The normalized spacial score (nSPS) is 11.4. The average Bonchev–Trinajstić information content (AvgIpc) is 2.42. The number of aryl methyl sites for hydroxylation is 1. The molecule has 2 aromatic rings. The van der Waals surface area contributed by atoms with Crippen LogP contribution in [0.1, 0.15) is 30.5 Å². The van der Waals surface area contributed by atoms with Crippen molar-refractivity contribution >= 4 is 28.3 Å². The standard InChI is InChI=1S/C16H16INO2/c1-11-9-13(10-14(15(11)17)18(19)20)16(2,3)12-7-5-4-6-8-12/h4-10H,1-3H3. The van der Waals surface area contributed by atoms with Crippen LogP contribution in [0.2, 0.25) is 0 Å². The Morgan fingerprint density at radius 2 is 1.70 bits per heavy atom. The van der Waals surface area contributed by atoms with E-state index < -0.39 is 0 Å². The molecule has 0 aliphatic carbocycles. The SMILES string of the molecule is Cc1cc(C(C)(C)c2ccccc2)cc([N+](=O)[O-])c1I. The van der Waals surface area contributed by atoms with Gasteiger partial charge in [-0.05, 0) is 46.2 Å². The molecule has 0 aliphatic heterocycles. The Hall–Kier alpha value is -1.43. The van der Waals surface area contributed by atoms with Crippen LogP contribution in [-0.2, 0) is 5.41 Å². The van der Waals surface area contributed by atoms with Crippen LogP contribution in [0.15, 0.2) is 42.5 Å². The highest BCUT2D eigenvalue weighted by Gasteiger charge is 2.27. The molecule has 104 valence electrons. The first-order valence-corrected chi connectivity index (χ1v) is 7.42. The van der Waals surface area contributed by atoms with Gasteiger partial charge in [0, 0.05) is 11.5 Å². The molecule has 4 heteroatoms. The second-order valence-electron chi connectivity index (χ2n) is 5.37. The number of hydrogen-bond acceptors (Lipinski definition) is 2. The summed E-state index contributed by atoms with van der Waals surface area (Å²) < 4.78 is 0.709. The maximum Gasteiger partial charge on any atom is 0.283 e. The minimum Gasteiger partial charge on any atom is -0.258 e. The highest BCUT2D eigenvalue weighted by Crippen LogP contribution is 2.36. The van der Waals surface area contributed by atoms with E-state index in [4.69, 9.17) is 0 Å². The van der Waals surface area contributed by atoms with Gasteiger partial charge in [-0.3, -0.25) is 10.1 Å². The summed E-state index contributed by atoms with van der Waals surface area (Å²) >= 11 is 2.04. The molecule has 0 atom stereocenters. The smallest absolute Gasteiger partial charge is 0.258 e. The molecule has 0 spiro atoms. The van der Waals surface area contributed by atoms with Gasteiger partial charge in [0.05, 0.1) is 8.49 Å². The van der Waals surface area contributed by atoms with E-state index in [1.807, 2.05) is 53.8 Å². The van der Waals surface area contributed by atoms with Crippen LogP contribution in [0.5, 0.6) is 0 Å². The van der Waals surface area contributed by atoms with Crippen molar-refractivity contribution in [2.45, 2.75) is 26.2 Å². The van der Waals surface area contributed by atoms with Crippen molar-refractivity contribution in [3.8, 4) is 0 Å². The summed E-state index contributed by atoms with van der Waals surface area (Å²) in [6, 6.07) is 13.8. The van der Waals surface area contributed by atoms with Gasteiger partial charge in [-0.2, -0.15) is 0 Å². The summed E-state index contributed by atoms with van der Waals surface area (Å²) in [6.07, 6.45) is 0. The Bertz CT molecular complexity index is 651. The fraction of sp³-hybridized carbons (Fsp3) is 0.250. The predicted molar refractivity (Wildman–Crippen MR) is 89.1 cm³/mol. The number of halogens is 1. The van der Waals surface area contributed by atoms with Gasteiger partial charge in [-0.25, -0.2) is 0 Å². The Labute approximate surface area is 132 Å². The average molecular weight is 381 g/mol. The topological polar surface area (TPSA) is 43.1 Å². The van der Waals surface area contributed by atoms with E-state index in [1.165, 1.54) is 0 Å². The highest BCUT2D eigenvalue weighted by atomic mass is 127. The zero-order valence-electron chi connectivity index (χ0n) is 11.7. The zero-order valence-corrected chi connectivity index (χ0v) is 13.8. The number of rotatable bonds is 3. The molecule has 2 aromatic carbocycles. The molecule has 0 aliphatic rings. The molecule has 20 heavy (non-hydrogen) atoms. The van der Waals surface area contributed by atoms with Crippen LogP contribution in [0, 0.1) is 20.6 Å². The van der Waals surface area contributed by atoms with Gasteiger partial charge in [-0.15, -0.1) is 0 Å². The molecule has 0 fully saturated rings. The van der Waals surface area contributed by atoms with Gasteiger partial charge in [0.2, 0.25) is 0 Å². The molecule has 0 amide bonds. The third kappa shape index (κ3) is 2.70. The van der Waals surface area contributed by atoms with Crippen LogP contribution in [0.3, 0.4) is 0 Å². The van der Waals surface area contributed by atoms with E-state index in [9.17, 15) is 10.1 Å². The molecule has 0 unspecified atom stereocenters. The summed E-state index contributed by atoms with van der Waals surface area (Å²) in [5.41, 5.74) is 2.98. The van der Waals surface area contributed by atoms with Gasteiger partial charge in [0.25, 0.3) is 5.69 Å². The Balaban J connectivity index is 2.61. The first-order valence-electron chi connectivity index (χ1n) is 6.34. The van der Waals surface area contributed by atoms with Crippen molar-refractivity contribution in [3.05, 3.63) is 72.8 Å². The van der Waals surface area contributed by atoms with Crippen LogP contribution >= 0.6 is 22.6 Å². The Morgan fingerprint density at radius 3 is 2.25 bits per heavy atom. The van der Waals surface area contributed by atoms with Gasteiger partial charge in [0.1, 0.15) is 0 Å². The lowest BCUT2D eigenvalue weighted by Gasteiger charge is -2.26.